The normalized spacial score (nSPS) is 18.2. The van der Waals surface area contributed by atoms with Gasteiger partial charge in [-0.3, -0.25) is 14.4 Å². The van der Waals surface area contributed by atoms with Crippen molar-refractivity contribution < 1.29 is 19.5 Å². The summed E-state index contributed by atoms with van der Waals surface area (Å²) in [6, 6.07) is -0.123. The van der Waals surface area contributed by atoms with Crippen molar-refractivity contribution >= 4 is 29.5 Å². The van der Waals surface area contributed by atoms with E-state index in [2.05, 4.69) is 10.6 Å². The van der Waals surface area contributed by atoms with E-state index in [1.165, 1.54) is 11.8 Å². The van der Waals surface area contributed by atoms with Gasteiger partial charge in [0, 0.05) is 26.6 Å². The number of nitrogens with one attached hydrogen (secondary N) is 2. The number of aliphatic hydroxyl groups excluding tert-OH is 1. The zero-order valence-electron chi connectivity index (χ0n) is 11.6. The zero-order valence-corrected chi connectivity index (χ0v) is 12.4. The molecule has 20 heavy (non-hydrogen) atoms. The zero-order chi connectivity index (χ0) is 15.0. The van der Waals surface area contributed by atoms with Gasteiger partial charge in [0.2, 0.25) is 17.7 Å². The maximum atomic E-state index is 11.6. The fourth-order valence-corrected chi connectivity index (χ4v) is 2.68. The number of nitrogens with zero attached hydrogens (tertiary/aromatic N) is 1. The van der Waals surface area contributed by atoms with Crippen molar-refractivity contribution in [1.29, 1.82) is 0 Å². The Kier molecular flexibility index (Phi) is 7.38. The summed E-state index contributed by atoms with van der Waals surface area (Å²) in [6.45, 7) is 0.735. The highest BCUT2D eigenvalue weighted by Crippen LogP contribution is 2.17. The van der Waals surface area contributed by atoms with Gasteiger partial charge >= 0.3 is 0 Å². The molecule has 3 amide bonds. The monoisotopic (exact) mass is 303 g/mol. The van der Waals surface area contributed by atoms with Gasteiger partial charge in [0.05, 0.1) is 24.2 Å². The SMILES string of the molecule is CNC(=O)CSCC(=O)NCCN1C(=O)CC[C@H]1CO. The van der Waals surface area contributed by atoms with Crippen molar-refractivity contribution in [2.45, 2.75) is 18.9 Å². The number of carbonyl (C=O) groups excluding carboxylic acids is 3. The van der Waals surface area contributed by atoms with Crippen LogP contribution in [0.1, 0.15) is 12.8 Å². The molecule has 0 bridgehead atoms. The Balaban J connectivity index is 2.15. The van der Waals surface area contributed by atoms with Gasteiger partial charge in [-0.2, -0.15) is 0 Å². The molecule has 1 aliphatic rings. The Morgan fingerprint density at radius 3 is 2.75 bits per heavy atom. The van der Waals surface area contributed by atoms with E-state index in [-0.39, 0.29) is 41.9 Å². The molecule has 0 aromatic carbocycles. The minimum atomic E-state index is -0.161. The van der Waals surface area contributed by atoms with Gasteiger partial charge in [0.15, 0.2) is 0 Å². The molecule has 7 nitrogen and oxygen atoms in total. The Labute approximate surface area is 122 Å². The number of hydrogen-bond donors (Lipinski definition) is 3. The first-order valence-electron chi connectivity index (χ1n) is 6.53. The summed E-state index contributed by atoms with van der Waals surface area (Å²) in [4.78, 5) is 35.6. The molecule has 1 saturated heterocycles. The molecule has 8 heteroatoms. The summed E-state index contributed by atoms with van der Waals surface area (Å²) < 4.78 is 0. The lowest BCUT2D eigenvalue weighted by Gasteiger charge is -2.23. The number of hydrogen-bond acceptors (Lipinski definition) is 5. The first-order valence-corrected chi connectivity index (χ1v) is 7.69. The standard InChI is InChI=1S/C12H21N3O4S/c1-13-10(17)7-20-8-11(18)14-4-5-15-9(6-16)2-3-12(15)19/h9,16H,2-8H2,1H3,(H,13,17)(H,14,18)/t9-/m0/s1. The average molecular weight is 303 g/mol. The van der Waals surface area contributed by atoms with E-state index in [4.69, 9.17) is 5.11 Å². The molecule has 1 atom stereocenters. The number of carbonyl (C=O) groups is 3. The van der Waals surface area contributed by atoms with Gasteiger partial charge in [0.25, 0.3) is 0 Å². The molecule has 1 aliphatic heterocycles. The minimum Gasteiger partial charge on any atom is -0.394 e. The predicted molar refractivity (Wildman–Crippen MR) is 76.2 cm³/mol. The lowest BCUT2D eigenvalue weighted by molar-refractivity contribution is -0.130. The molecular weight excluding hydrogens is 282 g/mol. The van der Waals surface area contributed by atoms with Crippen molar-refractivity contribution in [1.82, 2.24) is 15.5 Å². The van der Waals surface area contributed by atoms with Crippen molar-refractivity contribution in [3.63, 3.8) is 0 Å². The van der Waals surface area contributed by atoms with Crippen LogP contribution in [0.5, 0.6) is 0 Å². The summed E-state index contributed by atoms with van der Waals surface area (Å²) in [5.41, 5.74) is 0. The lowest BCUT2D eigenvalue weighted by Crippen LogP contribution is -2.41. The van der Waals surface area contributed by atoms with Gasteiger partial charge in [0.1, 0.15) is 0 Å². The topological polar surface area (TPSA) is 98.7 Å². The molecule has 0 aromatic rings. The highest BCUT2D eigenvalue weighted by Gasteiger charge is 2.29. The molecule has 1 heterocycles. The summed E-state index contributed by atoms with van der Waals surface area (Å²) >= 11 is 1.24. The Hall–Kier alpha value is -1.28. The maximum absolute atomic E-state index is 11.6. The van der Waals surface area contributed by atoms with Crippen molar-refractivity contribution in [2.24, 2.45) is 0 Å². The van der Waals surface area contributed by atoms with Gasteiger partial charge in [-0.15, -0.1) is 11.8 Å². The van der Waals surface area contributed by atoms with Crippen LogP contribution in [-0.2, 0) is 14.4 Å². The molecule has 0 unspecified atom stereocenters. The summed E-state index contributed by atoms with van der Waals surface area (Å²) in [6.07, 6.45) is 1.13. The number of thioether (sulfide) groups is 1. The van der Waals surface area contributed by atoms with Crippen molar-refractivity contribution in [3.05, 3.63) is 0 Å². The van der Waals surface area contributed by atoms with Gasteiger partial charge < -0.3 is 20.6 Å². The van der Waals surface area contributed by atoms with Gasteiger partial charge in [-0.25, -0.2) is 0 Å². The molecule has 0 spiro atoms. The molecular formula is C12H21N3O4S. The third kappa shape index (κ3) is 5.38. The highest BCUT2D eigenvalue weighted by atomic mass is 32.2. The number of aliphatic hydroxyl groups is 1. The van der Waals surface area contributed by atoms with Crippen LogP contribution < -0.4 is 10.6 Å². The van der Waals surface area contributed by atoms with E-state index < -0.39 is 0 Å². The third-order valence-corrected chi connectivity index (χ3v) is 4.02. The van der Waals surface area contributed by atoms with E-state index in [0.29, 0.717) is 25.9 Å². The largest absolute Gasteiger partial charge is 0.394 e. The maximum Gasteiger partial charge on any atom is 0.230 e. The molecule has 0 aliphatic carbocycles. The van der Waals surface area contributed by atoms with Crippen LogP contribution in [-0.4, -0.2) is 72.0 Å². The van der Waals surface area contributed by atoms with Crippen LogP contribution in [0.2, 0.25) is 0 Å². The van der Waals surface area contributed by atoms with Gasteiger partial charge in [-0.05, 0) is 6.42 Å². The minimum absolute atomic E-state index is 0.0206. The molecule has 0 aromatic heterocycles. The second kappa shape index (κ2) is 8.80. The molecule has 1 fully saturated rings. The van der Waals surface area contributed by atoms with Gasteiger partial charge in [-0.1, -0.05) is 0 Å². The van der Waals surface area contributed by atoms with E-state index >= 15 is 0 Å². The Morgan fingerprint density at radius 2 is 2.10 bits per heavy atom. The molecule has 1 rings (SSSR count). The fraction of sp³-hybridized carbons (Fsp3) is 0.750. The number of amides is 3. The molecule has 3 N–H and O–H groups in total. The van der Waals surface area contributed by atoms with E-state index in [0.717, 1.165) is 0 Å². The fourth-order valence-electron chi connectivity index (χ4n) is 1.97. The molecule has 0 radical (unpaired) electrons. The second-order valence-corrected chi connectivity index (χ2v) is 5.46. The molecule has 114 valence electrons. The van der Waals surface area contributed by atoms with Crippen LogP contribution >= 0.6 is 11.8 Å². The Morgan fingerprint density at radius 1 is 1.40 bits per heavy atom. The lowest BCUT2D eigenvalue weighted by atomic mass is 10.2. The van der Waals surface area contributed by atoms with Crippen LogP contribution in [0, 0.1) is 0 Å². The van der Waals surface area contributed by atoms with Crippen LogP contribution in [0.25, 0.3) is 0 Å². The van der Waals surface area contributed by atoms with E-state index in [9.17, 15) is 14.4 Å². The highest BCUT2D eigenvalue weighted by molar-refractivity contribution is 8.00. The molecule has 0 saturated carbocycles. The first kappa shape index (κ1) is 16.8. The number of rotatable bonds is 8. The predicted octanol–water partition coefficient (Wildman–Crippen LogP) is -1.43. The average Bonchev–Trinajstić information content (AvgIpc) is 2.79. The van der Waals surface area contributed by atoms with Crippen LogP contribution in [0.3, 0.4) is 0 Å². The third-order valence-electron chi connectivity index (χ3n) is 3.08. The Bertz CT molecular complexity index is 365. The van der Waals surface area contributed by atoms with Crippen LogP contribution in [0.15, 0.2) is 0 Å². The van der Waals surface area contributed by atoms with Crippen LogP contribution in [0.4, 0.5) is 0 Å². The van der Waals surface area contributed by atoms with E-state index in [1.807, 2.05) is 0 Å². The second-order valence-electron chi connectivity index (χ2n) is 4.48. The van der Waals surface area contributed by atoms with Crippen molar-refractivity contribution in [3.8, 4) is 0 Å². The smallest absolute Gasteiger partial charge is 0.230 e. The quantitative estimate of drug-likeness (QED) is 0.510. The van der Waals surface area contributed by atoms with E-state index in [1.54, 1.807) is 11.9 Å². The van der Waals surface area contributed by atoms with Crippen molar-refractivity contribution in [2.75, 3.05) is 38.2 Å². The first-order chi connectivity index (χ1) is 9.58. The summed E-state index contributed by atoms with van der Waals surface area (Å²) in [5, 5.41) is 14.3. The summed E-state index contributed by atoms with van der Waals surface area (Å²) in [5.74, 6) is 0.209. The number of likely N-dealkylation sites (tertiary alicyclic amines) is 1. The summed E-state index contributed by atoms with van der Waals surface area (Å²) in [7, 11) is 1.55.